The molecule has 0 aromatic heterocycles. The molecule has 2 fully saturated rings. The fourth-order valence-corrected chi connectivity index (χ4v) is 2.47. The predicted octanol–water partition coefficient (Wildman–Crippen LogP) is 1.66. The van der Waals surface area contributed by atoms with E-state index >= 15 is 0 Å². The van der Waals surface area contributed by atoms with Crippen LogP contribution in [-0.2, 0) is 19.2 Å². The molecule has 0 spiro atoms. The number of aliphatic carboxylic acids is 2. The van der Waals surface area contributed by atoms with Gasteiger partial charge in [0.25, 0.3) is 0 Å². The Bertz CT molecular complexity index is 358. The van der Waals surface area contributed by atoms with E-state index in [4.69, 9.17) is 10.2 Å². The van der Waals surface area contributed by atoms with E-state index in [2.05, 4.69) is 0 Å². The third-order valence-electron chi connectivity index (χ3n) is 3.66. The Morgan fingerprint density at radius 1 is 0.800 bits per heavy atom. The molecular weight excluding hydrogens is 264 g/mol. The lowest BCUT2D eigenvalue weighted by Gasteiger charge is -2.15. The van der Waals surface area contributed by atoms with Crippen molar-refractivity contribution in [2.24, 2.45) is 11.8 Å². The molecule has 0 bridgehead atoms. The second-order valence-electron chi connectivity index (χ2n) is 5.34. The van der Waals surface area contributed by atoms with Gasteiger partial charge in [-0.05, 0) is 25.7 Å². The van der Waals surface area contributed by atoms with E-state index in [9.17, 15) is 19.2 Å². The van der Waals surface area contributed by atoms with Crippen LogP contribution in [-0.4, -0.2) is 33.7 Å². The van der Waals surface area contributed by atoms with Crippen molar-refractivity contribution in [2.75, 3.05) is 0 Å². The van der Waals surface area contributed by atoms with Gasteiger partial charge in [0.2, 0.25) is 0 Å². The summed E-state index contributed by atoms with van der Waals surface area (Å²) in [4.78, 5) is 42.1. The Labute approximate surface area is 117 Å². The number of hydrogen-bond acceptors (Lipinski definition) is 4. The van der Waals surface area contributed by atoms with Crippen LogP contribution in [0.15, 0.2) is 0 Å². The fourth-order valence-electron chi connectivity index (χ4n) is 2.47. The lowest BCUT2D eigenvalue weighted by Crippen LogP contribution is -2.22. The standard InChI is InChI=1S/2C7H10O3/c2*8-6-3-1-2-5(4-6)7(9)10/h2*5H,1-4H2,(H,9,10)/t2*5-/m11/s1. The zero-order chi connectivity index (χ0) is 15.1. The van der Waals surface area contributed by atoms with Crippen LogP contribution in [0.4, 0.5) is 0 Å². The van der Waals surface area contributed by atoms with Gasteiger partial charge in [-0.15, -0.1) is 0 Å². The van der Waals surface area contributed by atoms with Crippen LogP contribution >= 0.6 is 0 Å². The van der Waals surface area contributed by atoms with E-state index in [1.807, 2.05) is 0 Å². The highest BCUT2D eigenvalue weighted by Crippen LogP contribution is 2.21. The number of carboxylic acid groups (broad SMARTS) is 2. The first-order chi connectivity index (χ1) is 9.40. The van der Waals surface area contributed by atoms with Gasteiger partial charge in [0.15, 0.2) is 0 Å². The van der Waals surface area contributed by atoms with Crippen LogP contribution in [0.2, 0.25) is 0 Å². The molecular formula is C14H20O6. The molecule has 0 amide bonds. The maximum absolute atomic E-state index is 10.7. The van der Waals surface area contributed by atoms with Crippen molar-refractivity contribution in [1.29, 1.82) is 0 Å². The highest BCUT2D eigenvalue weighted by atomic mass is 16.4. The number of ketones is 2. The van der Waals surface area contributed by atoms with Gasteiger partial charge in [0.05, 0.1) is 11.8 Å². The summed E-state index contributed by atoms with van der Waals surface area (Å²) in [6.45, 7) is 0. The fraction of sp³-hybridized carbons (Fsp3) is 0.714. The first-order valence-corrected chi connectivity index (χ1v) is 6.89. The maximum atomic E-state index is 10.7. The molecule has 112 valence electrons. The van der Waals surface area contributed by atoms with Gasteiger partial charge in [-0.1, -0.05) is 0 Å². The lowest BCUT2D eigenvalue weighted by molar-refractivity contribution is -0.145. The van der Waals surface area contributed by atoms with Crippen molar-refractivity contribution in [1.82, 2.24) is 0 Å². The Kier molecular flexibility index (Phi) is 6.35. The smallest absolute Gasteiger partial charge is 0.306 e. The third-order valence-corrected chi connectivity index (χ3v) is 3.66. The minimum atomic E-state index is -0.826. The number of rotatable bonds is 2. The van der Waals surface area contributed by atoms with Gasteiger partial charge in [-0.3, -0.25) is 19.2 Å². The molecule has 2 saturated carbocycles. The largest absolute Gasteiger partial charge is 0.481 e. The lowest BCUT2D eigenvalue weighted by atomic mass is 9.89. The van der Waals surface area contributed by atoms with E-state index < -0.39 is 23.8 Å². The Morgan fingerprint density at radius 3 is 1.35 bits per heavy atom. The van der Waals surface area contributed by atoms with Crippen molar-refractivity contribution < 1.29 is 29.4 Å². The molecule has 2 aliphatic carbocycles. The minimum absolute atomic E-state index is 0.0960. The van der Waals surface area contributed by atoms with Gasteiger partial charge in [-0.2, -0.15) is 0 Å². The van der Waals surface area contributed by atoms with Crippen LogP contribution in [0, 0.1) is 11.8 Å². The van der Waals surface area contributed by atoms with Gasteiger partial charge in [-0.25, -0.2) is 0 Å². The highest BCUT2D eigenvalue weighted by Gasteiger charge is 2.25. The molecule has 2 aliphatic rings. The normalized spacial score (nSPS) is 26.4. The van der Waals surface area contributed by atoms with Crippen LogP contribution in [0.25, 0.3) is 0 Å². The molecule has 0 aliphatic heterocycles. The van der Waals surface area contributed by atoms with E-state index in [0.29, 0.717) is 25.7 Å². The molecule has 0 heterocycles. The second-order valence-corrected chi connectivity index (χ2v) is 5.34. The van der Waals surface area contributed by atoms with Gasteiger partial charge >= 0.3 is 11.9 Å². The monoisotopic (exact) mass is 284 g/mol. The quantitative estimate of drug-likeness (QED) is 0.798. The van der Waals surface area contributed by atoms with Gasteiger partial charge in [0, 0.05) is 25.7 Å². The summed E-state index contributed by atoms with van der Waals surface area (Å²) in [5, 5.41) is 17.0. The number of hydrogen-bond donors (Lipinski definition) is 2. The summed E-state index contributed by atoms with van der Waals surface area (Å²) in [6.07, 6.45) is 4.46. The van der Waals surface area contributed by atoms with E-state index in [0.717, 1.165) is 12.8 Å². The summed E-state index contributed by atoms with van der Waals surface area (Å²) in [5.41, 5.74) is 0. The number of Topliss-reactive ketones (excluding diaryl/α,β-unsaturated/α-hetero) is 2. The number of carbonyl (C=O) groups is 4. The maximum Gasteiger partial charge on any atom is 0.306 e. The number of carboxylic acids is 2. The van der Waals surface area contributed by atoms with Crippen LogP contribution in [0.3, 0.4) is 0 Å². The Morgan fingerprint density at radius 2 is 1.15 bits per heavy atom. The average Bonchev–Trinajstić information content (AvgIpc) is 2.39. The van der Waals surface area contributed by atoms with E-state index in [1.54, 1.807) is 0 Å². The zero-order valence-corrected chi connectivity index (χ0v) is 11.3. The molecule has 0 radical (unpaired) electrons. The molecule has 2 atom stereocenters. The summed E-state index contributed by atoms with van der Waals surface area (Å²) < 4.78 is 0. The van der Waals surface area contributed by atoms with Crippen LogP contribution < -0.4 is 0 Å². The summed E-state index contributed by atoms with van der Waals surface area (Å²) in [6, 6.07) is 0. The van der Waals surface area contributed by atoms with Crippen LogP contribution in [0.1, 0.15) is 51.4 Å². The minimum Gasteiger partial charge on any atom is -0.481 e. The zero-order valence-electron chi connectivity index (χ0n) is 11.3. The first-order valence-electron chi connectivity index (χ1n) is 6.89. The topological polar surface area (TPSA) is 109 Å². The molecule has 0 aromatic carbocycles. The first kappa shape index (κ1) is 16.3. The predicted molar refractivity (Wildman–Crippen MR) is 69.2 cm³/mol. The van der Waals surface area contributed by atoms with Crippen LogP contribution in [0.5, 0.6) is 0 Å². The molecule has 0 saturated heterocycles. The van der Waals surface area contributed by atoms with E-state index in [1.165, 1.54) is 0 Å². The highest BCUT2D eigenvalue weighted by molar-refractivity contribution is 5.85. The SMILES string of the molecule is O=C1CCC[C@@H](C(=O)O)C1.O=C1CCC[C@@H](C(=O)O)C1. The summed E-state index contributed by atoms with van der Waals surface area (Å²) >= 11 is 0. The molecule has 2 rings (SSSR count). The molecule has 2 N–H and O–H groups in total. The summed E-state index contributed by atoms with van der Waals surface area (Å²) in [7, 11) is 0. The summed E-state index contributed by atoms with van der Waals surface area (Å²) in [5.74, 6) is -2.26. The molecule has 0 aromatic rings. The average molecular weight is 284 g/mol. The molecule has 6 heteroatoms. The molecule has 20 heavy (non-hydrogen) atoms. The Hall–Kier alpha value is -1.72. The Balaban J connectivity index is 0.000000200. The third kappa shape index (κ3) is 5.50. The van der Waals surface area contributed by atoms with E-state index in [-0.39, 0.29) is 24.4 Å². The molecule has 0 unspecified atom stereocenters. The molecule has 6 nitrogen and oxygen atoms in total. The van der Waals surface area contributed by atoms with Gasteiger partial charge in [0.1, 0.15) is 11.6 Å². The van der Waals surface area contributed by atoms with Crippen molar-refractivity contribution >= 4 is 23.5 Å². The van der Waals surface area contributed by atoms with Crippen molar-refractivity contribution in [3.8, 4) is 0 Å². The second kappa shape index (κ2) is 7.77. The van der Waals surface area contributed by atoms with Crippen molar-refractivity contribution in [3.05, 3.63) is 0 Å². The van der Waals surface area contributed by atoms with Gasteiger partial charge < -0.3 is 10.2 Å². The van der Waals surface area contributed by atoms with Crippen molar-refractivity contribution in [2.45, 2.75) is 51.4 Å². The van der Waals surface area contributed by atoms with Crippen molar-refractivity contribution in [3.63, 3.8) is 0 Å². The number of carbonyl (C=O) groups excluding carboxylic acids is 2.